The second-order valence-corrected chi connectivity index (χ2v) is 5.93. The molecule has 0 radical (unpaired) electrons. The van der Waals surface area contributed by atoms with Crippen molar-refractivity contribution in [3.8, 4) is 5.69 Å². The van der Waals surface area contributed by atoms with Crippen molar-refractivity contribution < 1.29 is 0 Å². The molecule has 3 rings (SSSR count). The topological polar surface area (TPSA) is 37.8 Å². The molecule has 18 heavy (non-hydrogen) atoms. The van der Waals surface area contributed by atoms with Crippen molar-refractivity contribution in [1.29, 1.82) is 0 Å². The SMILES string of the molecule is O=c1c2sccc2[nH]c(=S)n1-c1ccc(Br)cc1. The standard InChI is InChI=1S/C12H7BrN2OS2/c13-7-1-3-8(4-2-7)15-11(16)10-9(5-6-18-10)14-12(15)17/h1-6H,(H,14,17). The Kier molecular flexibility index (Phi) is 2.93. The van der Waals surface area contributed by atoms with Gasteiger partial charge < -0.3 is 4.98 Å². The van der Waals surface area contributed by atoms with Crippen LogP contribution in [-0.4, -0.2) is 9.55 Å². The monoisotopic (exact) mass is 338 g/mol. The third kappa shape index (κ3) is 1.86. The Labute approximate surface area is 120 Å². The van der Waals surface area contributed by atoms with Gasteiger partial charge in [0.05, 0.1) is 11.2 Å². The quantitative estimate of drug-likeness (QED) is 0.684. The molecule has 0 amide bonds. The van der Waals surface area contributed by atoms with Gasteiger partial charge in [-0.25, -0.2) is 0 Å². The summed E-state index contributed by atoms with van der Waals surface area (Å²) in [6.45, 7) is 0. The van der Waals surface area contributed by atoms with Crippen LogP contribution in [0.5, 0.6) is 0 Å². The van der Waals surface area contributed by atoms with Crippen LogP contribution in [-0.2, 0) is 0 Å². The van der Waals surface area contributed by atoms with Crippen molar-refractivity contribution in [3.05, 3.63) is 55.3 Å². The molecule has 0 atom stereocenters. The first-order valence-electron chi connectivity index (χ1n) is 5.15. The average molecular weight is 339 g/mol. The summed E-state index contributed by atoms with van der Waals surface area (Å²) >= 11 is 10.0. The molecule has 1 N–H and O–H groups in total. The summed E-state index contributed by atoms with van der Waals surface area (Å²) in [5.41, 5.74) is 1.48. The number of nitrogens with zero attached hydrogens (tertiary/aromatic N) is 1. The molecule has 0 unspecified atom stereocenters. The highest BCUT2D eigenvalue weighted by Gasteiger charge is 2.08. The van der Waals surface area contributed by atoms with Crippen molar-refractivity contribution in [1.82, 2.24) is 9.55 Å². The van der Waals surface area contributed by atoms with Gasteiger partial charge in [0.1, 0.15) is 4.70 Å². The van der Waals surface area contributed by atoms with Crippen LogP contribution in [0.25, 0.3) is 15.9 Å². The largest absolute Gasteiger partial charge is 0.331 e. The van der Waals surface area contributed by atoms with Gasteiger partial charge in [-0.2, -0.15) is 0 Å². The minimum Gasteiger partial charge on any atom is -0.331 e. The summed E-state index contributed by atoms with van der Waals surface area (Å²) in [5, 5.41) is 1.88. The number of fused-ring (bicyclic) bond motifs is 1. The molecule has 0 bridgehead atoms. The van der Waals surface area contributed by atoms with Crippen LogP contribution < -0.4 is 5.56 Å². The molecule has 0 aliphatic rings. The van der Waals surface area contributed by atoms with Gasteiger partial charge in [0.25, 0.3) is 5.56 Å². The zero-order chi connectivity index (χ0) is 12.7. The van der Waals surface area contributed by atoms with E-state index in [2.05, 4.69) is 20.9 Å². The highest BCUT2D eigenvalue weighted by molar-refractivity contribution is 9.10. The number of thiophene rings is 1. The summed E-state index contributed by atoms with van der Waals surface area (Å²) in [7, 11) is 0. The van der Waals surface area contributed by atoms with E-state index < -0.39 is 0 Å². The summed E-state index contributed by atoms with van der Waals surface area (Å²) in [4.78, 5) is 15.4. The molecule has 0 spiro atoms. The Balaban J connectivity index is 2.38. The van der Waals surface area contributed by atoms with Gasteiger partial charge in [-0.15, -0.1) is 11.3 Å². The van der Waals surface area contributed by atoms with E-state index in [0.717, 1.165) is 15.7 Å². The fourth-order valence-corrected chi connectivity index (χ4v) is 3.10. The van der Waals surface area contributed by atoms with E-state index in [-0.39, 0.29) is 5.56 Å². The normalized spacial score (nSPS) is 10.9. The maximum Gasteiger partial charge on any atom is 0.276 e. The van der Waals surface area contributed by atoms with E-state index in [0.29, 0.717) is 9.47 Å². The smallest absolute Gasteiger partial charge is 0.276 e. The number of aromatic amines is 1. The van der Waals surface area contributed by atoms with Crippen molar-refractivity contribution in [3.63, 3.8) is 0 Å². The van der Waals surface area contributed by atoms with E-state index in [4.69, 9.17) is 12.2 Å². The predicted octanol–water partition coefficient (Wildman–Crippen LogP) is 3.87. The van der Waals surface area contributed by atoms with Crippen LogP contribution in [0.1, 0.15) is 0 Å². The van der Waals surface area contributed by atoms with E-state index in [1.807, 2.05) is 35.7 Å². The molecule has 6 heteroatoms. The molecule has 0 aliphatic heterocycles. The molecule has 3 nitrogen and oxygen atoms in total. The highest BCUT2D eigenvalue weighted by Crippen LogP contribution is 2.17. The molecule has 0 saturated heterocycles. The maximum atomic E-state index is 12.4. The zero-order valence-electron chi connectivity index (χ0n) is 9.01. The maximum absolute atomic E-state index is 12.4. The van der Waals surface area contributed by atoms with Gasteiger partial charge in [0.2, 0.25) is 0 Å². The Morgan fingerprint density at radius 1 is 1.22 bits per heavy atom. The van der Waals surface area contributed by atoms with Gasteiger partial charge in [-0.05, 0) is 47.9 Å². The second kappa shape index (κ2) is 4.46. The fourth-order valence-electron chi connectivity index (χ4n) is 1.76. The lowest BCUT2D eigenvalue weighted by atomic mass is 10.3. The molecule has 2 aromatic heterocycles. The van der Waals surface area contributed by atoms with E-state index in [1.165, 1.54) is 15.9 Å². The van der Waals surface area contributed by atoms with Crippen LogP contribution in [0.3, 0.4) is 0 Å². The third-order valence-electron chi connectivity index (χ3n) is 2.59. The number of nitrogens with one attached hydrogen (secondary N) is 1. The zero-order valence-corrected chi connectivity index (χ0v) is 12.2. The van der Waals surface area contributed by atoms with Crippen LogP contribution >= 0.6 is 39.5 Å². The number of H-pyrrole nitrogens is 1. The summed E-state index contributed by atoms with van der Waals surface area (Å²) in [6.07, 6.45) is 0. The number of hydrogen-bond acceptors (Lipinski definition) is 3. The van der Waals surface area contributed by atoms with Gasteiger partial charge in [0, 0.05) is 4.47 Å². The molecule has 3 aromatic rings. The highest BCUT2D eigenvalue weighted by atomic mass is 79.9. The molecule has 1 aromatic carbocycles. The molecule has 90 valence electrons. The van der Waals surface area contributed by atoms with Crippen LogP contribution in [0, 0.1) is 4.77 Å². The van der Waals surface area contributed by atoms with Crippen LogP contribution in [0.2, 0.25) is 0 Å². The number of halogens is 1. The minimum absolute atomic E-state index is 0.0777. The molecule has 0 aliphatic carbocycles. The average Bonchev–Trinajstić information content (AvgIpc) is 2.80. The van der Waals surface area contributed by atoms with Crippen molar-refractivity contribution >= 4 is 49.7 Å². The Morgan fingerprint density at radius 2 is 1.94 bits per heavy atom. The fraction of sp³-hybridized carbons (Fsp3) is 0. The van der Waals surface area contributed by atoms with Crippen LogP contribution in [0.4, 0.5) is 0 Å². The molecule has 0 fully saturated rings. The first-order chi connectivity index (χ1) is 8.66. The van der Waals surface area contributed by atoms with Crippen molar-refractivity contribution in [2.75, 3.05) is 0 Å². The molecule has 0 saturated carbocycles. The lowest BCUT2D eigenvalue weighted by Gasteiger charge is -2.06. The summed E-state index contributed by atoms with van der Waals surface area (Å²) < 4.78 is 3.58. The lowest BCUT2D eigenvalue weighted by Crippen LogP contribution is -2.19. The third-order valence-corrected chi connectivity index (χ3v) is 4.31. The lowest BCUT2D eigenvalue weighted by molar-refractivity contribution is 0.943. The Hall–Kier alpha value is -1.24. The number of rotatable bonds is 1. The Bertz CT molecular complexity index is 830. The molecular formula is C12H7BrN2OS2. The van der Waals surface area contributed by atoms with Crippen molar-refractivity contribution in [2.45, 2.75) is 0 Å². The van der Waals surface area contributed by atoms with Gasteiger partial charge in [-0.3, -0.25) is 9.36 Å². The summed E-state index contributed by atoms with van der Waals surface area (Å²) in [5.74, 6) is 0. The number of benzene rings is 1. The van der Waals surface area contributed by atoms with E-state index in [1.54, 1.807) is 0 Å². The molecule has 2 heterocycles. The summed E-state index contributed by atoms with van der Waals surface area (Å²) in [6, 6.07) is 9.34. The van der Waals surface area contributed by atoms with Gasteiger partial charge in [-0.1, -0.05) is 15.9 Å². The first-order valence-corrected chi connectivity index (χ1v) is 7.23. The van der Waals surface area contributed by atoms with E-state index >= 15 is 0 Å². The predicted molar refractivity (Wildman–Crippen MR) is 80.3 cm³/mol. The first kappa shape index (κ1) is 11.8. The Morgan fingerprint density at radius 3 is 2.67 bits per heavy atom. The van der Waals surface area contributed by atoms with Crippen molar-refractivity contribution in [2.24, 2.45) is 0 Å². The van der Waals surface area contributed by atoms with Gasteiger partial charge >= 0.3 is 0 Å². The van der Waals surface area contributed by atoms with E-state index in [9.17, 15) is 4.79 Å². The number of hydrogen-bond donors (Lipinski definition) is 1. The van der Waals surface area contributed by atoms with Crippen LogP contribution in [0.15, 0.2) is 45.0 Å². The number of aromatic nitrogens is 2. The molecular weight excluding hydrogens is 332 g/mol. The minimum atomic E-state index is -0.0777. The second-order valence-electron chi connectivity index (χ2n) is 3.71. The van der Waals surface area contributed by atoms with Gasteiger partial charge in [0.15, 0.2) is 4.77 Å².